The maximum atomic E-state index is 9.03. The van der Waals surface area contributed by atoms with E-state index in [1.807, 2.05) is 18.2 Å². The smallest absolute Gasteiger partial charge is 0.134 e. The van der Waals surface area contributed by atoms with Crippen LogP contribution in [0.25, 0.3) is 21.7 Å². The highest BCUT2D eigenvalue weighted by Gasteiger charge is 2.08. The highest BCUT2D eigenvalue weighted by atomic mass is 16.3. The van der Waals surface area contributed by atoms with Crippen molar-refractivity contribution >= 4 is 21.7 Å². The van der Waals surface area contributed by atoms with Gasteiger partial charge in [0, 0.05) is 17.6 Å². The van der Waals surface area contributed by atoms with Crippen LogP contribution in [0.1, 0.15) is 5.56 Å². The van der Waals surface area contributed by atoms with Gasteiger partial charge in [-0.25, -0.2) is 0 Å². The predicted molar refractivity (Wildman–Crippen MR) is 64.5 cm³/mol. The maximum Gasteiger partial charge on any atom is 0.134 e. The largest absolute Gasteiger partial charge is 0.464 e. The number of rotatable bonds is 2. The second kappa shape index (κ2) is 3.65. The number of fused-ring (bicyclic) bond motifs is 3. The molecular formula is C14H12O2. The molecule has 0 unspecified atom stereocenters. The van der Waals surface area contributed by atoms with Gasteiger partial charge < -0.3 is 9.52 Å². The van der Waals surface area contributed by atoms with Crippen molar-refractivity contribution in [3.8, 4) is 0 Å². The Morgan fingerprint density at radius 3 is 2.81 bits per heavy atom. The lowest BCUT2D eigenvalue weighted by molar-refractivity contribution is 0.299. The van der Waals surface area contributed by atoms with Crippen LogP contribution >= 0.6 is 0 Å². The molecular weight excluding hydrogens is 200 g/mol. The molecule has 0 saturated carbocycles. The van der Waals surface area contributed by atoms with Crippen molar-refractivity contribution in [2.45, 2.75) is 6.42 Å². The molecule has 1 N–H and O–H groups in total. The van der Waals surface area contributed by atoms with Crippen molar-refractivity contribution in [3.05, 3.63) is 48.2 Å². The van der Waals surface area contributed by atoms with E-state index in [1.165, 1.54) is 10.8 Å². The van der Waals surface area contributed by atoms with Crippen LogP contribution in [-0.2, 0) is 6.42 Å². The normalized spacial score (nSPS) is 11.3. The summed E-state index contributed by atoms with van der Waals surface area (Å²) in [6.45, 7) is 0.151. The van der Waals surface area contributed by atoms with Crippen LogP contribution in [0.4, 0.5) is 0 Å². The van der Waals surface area contributed by atoms with Crippen LogP contribution < -0.4 is 0 Å². The average Bonchev–Trinajstić information content (AvgIpc) is 2.73. The average molecular weight is 212 g/mol. The molecule has 2 heteroatoms. The number of hydrogen-bond donors (Lipinski definition) is 1. The zero-order valence-electron chi connectivity index (χ0n) is 8.81. The fourth-order valence-electron chi connectivity index (χ4n) is 2.18. The van der Waals surface area contributed by atoms with E-state index in [0.717, 1.165) is 16.5 Å². The summed E-state index contributed by atoms with van der Waals surface area (Å²) in [6.07, 6.45) is 2.38. The third kappa shape index (κ3) is 1.31. The van der Waals surface area contributed by atoms with E-state index in [4.69, 9.17) is 9.52 Å². The zero-order valence-corrected chi connectivity index (χ0v) is 8.81. The van der Waals surface area contributed by atoms with Gasteiger partial charge in [0.25, 0.3) is 0 Å². The Morgan fingerprint density at radius 2 is 1.94 bits per heavy atom. The van der Waals surface area contributed by atoms with Crippen molar-refractivity contribution in [2.75, 3.05) is 6.61 Å². The Kier molecular flexibility index (Phi) is 2.15. The molecule has 0 aliphatic heterocycles. The van der Waals surface area contributed by atoms with Crippen molar-refractivity contribution in [2.24, 2.45) is 0 Å². The number of hydrogen-bond acceptors (Lipinski definition) is 2. The van der Waals surface area contributed by atoms with Gasteiger partial charge in [0.1, 0.15) is 5.58 Å². The monoisotopic (exact) mass is 212 g/mol. The molecule has 0 aliphatic rings. The zero-order chi connectivity index (χ0) is 11.0. The van der Waals surface area contributed by atoms with E-state index in [9.17, 15) is 0 Å². The molecule has 0 aliphatic carbocycles. The summed E-state index contributed by atoms with van der Waals surface area (Å²) in [5.74, 6) is 0. The topological polar surface area (TPSA) is 33.4 Å². The third-order valence-electron chi connectivity index (χ3n) is 2.92. The van der Waals surface area contributed by atoms with Crippen LogP contribution in [0.5, 0.6) is 0 Å². The summed E-state index contributed by atoms with van der Waals surface area (Å²) in [5.41, 5.74) is 1.97. The lowest BCUT2D eigenvalue weighted by atomic mass is 10.0. The Bertz CT molecular complexity index is 637. The second-order valence-electron chi connectivity index (χ2n) is 3.89. The molecule has 0 radical (unpaired) electrons. The third-order valence-corrected chi connectivity index (χ3v) is 2.92. The Hall–Kier alpha value is -1.80. The molecule has 1 heterocycles. The van der Waals surface area contributed by atoms with Crippen molar-refractivity contribution < 1.29 is 9.52 Å². The summed E-state index contributed by atoms with van der Waals surface area (Å²) < 4.78 is 5.50. The fraction of sp³-hybridized carbons (Fsp3) is 0.143. The molecule has 0 spiro atoms. The van der Waals surface area contributed by atoms with Gasteiger partial charge in [-0.1, -0.05) is 30.3 Å². The van der Waals surface area contributed by atoms with Crippen LogP contribution in [0.2, 0.25) is 0 Å². The van der Waals surface area contributed by atoms with E-state index in [1.54, 1.807) is 6.26 Å². The molecule has 0 saturated heterocycles. The highest BCUT2D eigenvalue weighted by molar-refractivity contribution is 6.07. The molecule has 0 atom stereocenters. The predicted octanol–water partition coefficient (Wildman–Crippen LogP) is 3.12. The number of aliphatic hydroxyl groups is 1. The molecule has 0 fully saturated rings. The number of benzene rings is 2. The lowest BCUT2D eigenvalue weighted by Crippen LogP contribution is -1.88. The molecule has 2 aromatic carbocycles. The molecule has 0 amide bonds. The summed E-state index contributed by atoms with van der Waals surface area (Å²) >= 11 is 0. The van der Waals surface area contributed by atoms with Gasteiger partial charge in [0.2, 0.25) is 0 Å². The van der Waals surface area contributed by atoms with Crippen LogP contribution in [-0.4, -0.2) is 11.7 Å². The minimum atomic E-state index is 0.151. The van der Waals surface area contributed by atoms with Crippen LogP contribution in [0, 0.1) is 0 Å². The van der Waals surface area contributed by atoms with Gasteiger partial charge in [-0.15, -0.1) is 0 Å². The summed E-state index contributed by atoms with van der Waals surface area (Å²) in [5, 5.41) is 12.6. The molecule has 1 aromatic heterocycles. The molecule has 80 valence electrons. The summed E-state index contributed by atoms with van der Waals surface area (Å²) in [6, 6.07) is 12.3. The standard InChI is InChI=1S/C14H12O2/c15-8-7-11-9-16-13-6-5-10-3-1-2-4-12(10)14(11)13/h1-6,9,15H,7-8H2. The van der Waals surface area contributed by atoms with Crippen LogP contribution in [0.3, 0.4) is 0 Å². The van der Waals surface area contributed by atoms with Gasteiger partial charge >= 0.3 is 0 Å². The molecule has 0 bridgehead atoms. The van der Waals surface area contributed by atoms with Crippen molar-refractivity contribution in [3.63, 3.8) is 0 Å². The van der Waals surface area contributed by atoms with E-state index in [2.05, 4.69) is 18.2 Å². The second-order valence-corrected chi connectivity index (χ2v) is 3.89. The first-order valence-corrected chi connectivity index (χ1v) is 5.39. The highest BCUT2D eigenvalue weighted by Crippen LogP contribution is 2.29. The van der Waals surface area contributed by atoms with Gasteiger partial charge in [-0.3, -0.25) is 0 Å². The fourth-order valence-corrected chi connectivity index (χ4v) is 2.18. The Morgan fingerprint density at radius 1 is 1.06 bits per heavy atom. The van der Waals surface area contributed by atoms with Gasteiger partial charge in [0.05, 0.1) is 6.26 Å². The minimum Gasteiger partial charge on any atom is -0.464 e. The molecule has 16 heavy (non-hydrogen) atoms. The van der Waals surface area contributed by atoms with E-state index < -0.39 is 0 Å². The first-order chi connectivity index (χ1) is 7.90. The van der Waals surface area contributed by atoms with Gasteiger partial charge in [-0.2, -0.15) is 0 Å². The molecule has 3 rings (SSSR count). The SMILES string of the molecule is OCCc1coc2ccc3ccccc3c12. The van der Waals surface area contributed by atoms with Crippen molar-refractivity contribution in [1.29, 1.82) is 0 Å². The van der Waals surface area contributed by atoms with Gasteiger partial charge in [0.15, 0.2) is 0 Å². The quantitative estimate of drug-likeness (QED) is 0.708. The van der Waals surface area contributed by atoms with E-state index in [0.29, 0.717) is 6.42 Å². The Balaban J connectivity index is 2.42. The van der Waals surface area contributed by atoms with E-state index >= 15 is 0 Å². The number of aliphatic hydroxyl groups excluding tert-OH is 1. The minimum absolute atomic E-state index is 0.151. The van der Waals surface area contributed by atoms with E-state index in [-0.39, 0.29) is 6.61 Å². The first-order valence-electron chi connectivity index (χ1n) is 5.39. The molecule has 3 aromatic rings. The van der Waals surface area contributed by atoms with Crippen LogP contribution in [0.15, 0.2) is 47.1 Å². The Labute approximate surface area is 93.1 Å². The van der Waals surface area contributed by atoms with Crippen molar-refractivity contribution in [1.82, 2.24) is 0 Å². The lowest BCUT2D eigenvalue weighted by Gasteiger charge is -2.00. The molecule has 2 nitrogen and oxygen atoms in total. The summed E-state index contributed by atoms with van der Waals surface area (Å²) in [4.78, 5) is 0. The van der Waals surface area contributed by atoms with Gasteiger partial charge in [-0.05, 0) is 23.3 Å². The maximum absolute atomic E-state index is 9.03. The number of furan rings is 1. The summed E-state index contributed by atoms with van der Waals surface area (Å²) in [7, 11) is 0. The first kappa shape index (κ1) is 9.43.